The average molecular weight is 549 g/mol. The summed E-state index contributed by atoms with van der Waals surface area (Å²) in [5, 5.41) is 17.3. The van der Waals surface area contributed by atoms with Crippen LogP contribution in [0.1, 0.15) is 35.6 Å². The van der Waals surface area contributed by atoms with Crippen molar-refractivity contribution in [2.24, 2.45) is 0 Å². The normalized spacial score (nSPS) is 15.7. The van der Waals surface area contributed by atoms with Crippen molar-refractivity contribution in [3.05, 3.63) is 88.6 Å². The molecule has 2 aromatic heterocycles. The van der Waals surface area contributed by atoms with E-state index in [1.807, 2.05) is 48.7 Å². The number of amides is 2. The maximum absolute atomic E-state index is 14.8. The molecule has 1 saturated heterocycles. The molecule has 1 N–H and O–H groups in total. The molecule has 0 aliphatic carbocycles. The molecule has 5 rings (SSSR count). The van der Waals surface area contributed by atoms with Crippen LogP contribution in [-0.4, -0.2) is 56.2 Å². The van der Waals surface area contributed by atoms with Gasteiger partial charge in [-0.25, -0.2) is 4.39 Å². The fourth-order valence-corrected chi connectivity index (χ4v) is 5.15. The summed E-state index contributed by atoms with van der Waals surface area (Å²) in [6, 6.07) is 16.4. The van der Waals surface area contributed by atoms with Crippen molar-refractivity contribution in [2.75, 3.05) is 13.2 Å². The Hall–Kier alpha value is -3.96. The van der Waals surface area contributed by atoms with Gasteiger partial charge >= 0.3 is 0 Å². The van der Waals surface area contributed by atoms with Gasteiger partial charge < -0.3 is 15.0 Å². The summed E-state index contributed by atoms with van der Waals surface area (Å²) in [6.45, 7) is 2.55. The van der Waals surface area contributed by atoms with E-state index in [1.165, 1.54) is 27.1 Å². The number of halogens is 1. The van der Waals surface area contributed by atoms with E-state index in [0.29, 0.717) is 30.1 Å². The first kappa shape index (κ1) is 26.6. The van der Waals surface area contributed by atoms with Crippen LogP contribution in [0.15, 0.2) is 66.0 Å². The highest BCUT2D eigenvalue weighted by Gasteiger charge is 2.33. The van der Waals surface area contributed by atoms with Crippen molar-refractivity contribution in [1.29, 1.82) is 0 Å². The van der Waals surface area contributed by atoms with E-state index in [-0.39, 0.29) is 25.1 Å². The van der Waals surface area contributed by atoms with Crippen LogP contribution in [0.25, 0.3) is 10.7 Å². The van der Waals surface area contributed by atoms with Gasteiger partial charge in [0, 0.05) is 25.3 Å². The molecule has 2 aromatic carbocycles. The molecular formula is C28H29FN6O3S. The quantitative estimate of drug-likeness (QED) is 0.322. The second-order valence-electron chi connectivity index (χ2n) is 9.43. The molecule has 39 heavy (non-hydrogen) atoms. The fourth-order valence-electron chi connectivity index (χ4n) is 4.50. The van der Waals surface area contributed by atoms with Crippen molar-refractivity contribution in [3.8, 4) is 10.7 Å². The van der Waals surface area contributed by atoms with E-state index < -0.39 is 17.8 Å². The molecule has 11 heteroatoms. The summed E-state index contributed by atoms with van der Waals surface area (Å²) in [5.74, 6) is -0.879. The number of nitrogens with one attached hydrogen (secondary N) is 1. The zero-order chi connectivity index (χ0) is 27.2. The van der Waals surface area contributed by atoms with Crippen LogP contribution in [0.5, 0.6) is 0 Å². The van der Waals surface area contributed by atoms with Crippen LogP contribution in [0.2, 0.25) is 0 Å². The van der Waals surface area contributed by atoms with Crippen LogP contribution >= 0.6 is 11.3 Å². The van der Waals surface area contributed by atoms with Gasteiger partial charge in [-0.3, -0.25) is 9.59 Å². The summed E-state index contributed by atoms with van der Waals surface area (Å²) in [4.78, 5) is 31.0. The Kier molecular flexibility index (Phi) is 8.38. The number of ether oxygens (including phenoxy) is 1. The Balaban J connectivity index is 1.46. The molecule has 202 valence electrons. The number of carbonyl (C=O) groups excluding carboxylic acids is 2. The van der Waals surface area contributed by atoms with Crippen LogP contribution in [0.3, 0.4) is 0 Å². The average Bonchev–Trinajstić information content (AvgIpc) is 3.72. The smallest absolute Gasteiger partial charge is 0.247 e. The number of tetrazole rings is 1. The molecule has 0 saturated carbocycles. The standard InChI is InChI=1S/C28H29FN6O3S/c1-19-10-12-20(13-11-19)26(28(37)30-16-22-7-4-14-38-22)34(17-21-6-2-3-8-23(21)29)25(36)18-35-32-27(31-33-35)24-9-5-15-39-24/h2-3,5-6,8-13,15,22,26H,4,7,14,16-18H2,1H3,(H,30,37)/t22-,26+/m1/s1. The lowest BCUT2D eigenvalue weighted by Gasteiger charge is -2.32. The number of rotatable bonds is 10. The molecular weight excluding hydrogens is 519 g/mol. The van der Waals surface area contributed by atoms with Gasteiger partial charge in [0.1, 0.15) is 18.4 Å². The van der Waals surface area contributed by atoms with Gasteiger partial charge in [-0.1, -0.05) is 54.1 Å². The van der Waals surface area contributed by atoms with Crippen LogP contribution < -0.4 is 5.32 Å². The molecule has 1 aliphatic rings. The highest BCUT2D eigenvalue weighted by Crippen LogP contribution is 2.26. The van der Waals surface area contributed by atoms with E-state index in [9.17, 15) is 14.0 Å². The van der Waals surface area contributed by atoms with Gasteiger partial charge in [-0.2, -0.15) is 4.80 Å². The van der Waals surface area contributed by atoms with Crippen molar-refractivity contribution >= 4 is 23.2 Å². The molecule has 1 fully saturated rings. The Morgan fingerprint density at radius 3 is 2.72 bits per heavy atom. The molecule has 0 spiro atoms. The number of nitrogens with zero attached hydrogens (tertiary/aromatic N) is 5. The Morgan fingerprint density at radius 1 is 1.18 bits per heavy atom. The number of hydrogen-bond acceptors (Lipinski definition) is 7. The Bertz CT molecular complexity index is 1400. The molecule has 2 atom stereocenters. The number of thiophene rings is 1. The second kappa shape index (κ2) is 12.3. The largest absolute Gasteiger partial charge is 0.376 e. The van der Waals surface area contributed by atoms with Crippen molar-refractivity contribution in [1.82, 2.24) is 30.4 Å². The molecule has 1 aliphatic heterocycles. The molecule has 4 aromatic rings. The predicted octanol–water partition coefficient (Wildman–Crippen LogP) is 3.91. The zero-order valence-corrected chi connectivity index (χ0v) is 22.3. The number of benzene rings is 2. The summed E-state index contributed by atoms with van der Waals surface area (Å²) < 4.78 is 20.4. The van der Waals surface area contributed by atoms with Crippen LogP contribution in [0, 0.1) is 12.7 Å². The monoisotopic (exact) mass is 548 g/mol. The van der Waals surface area contributed by atoms with Gasteiger partial charge in [0.15, 0.2) is 0 Å². The lowest BCUT2D eigenvalue weighted by Crippen LogP contribution is -2.46. The fraction of sp³-hybridized carbons (Fsp3) is 0.321. The Morgan fingerprint density at radius 2 is 2.00 bits per heavy atom. The molecule has 3 heterocycles. The molecule has 0 bridgehead atoms. The topological polar surface area (TPSA) is 102 Å². The third kappa shape index (κ3) is 6.55. The summed E-state index contributed by atoms with van der Waals surface area (Å²) in [5.41, 5.74) is 1.92. The first-order valence-corrected chi connectivity index (χ1v) is 13.7. The number of carbonyl (C=O) groups is 2. The summed E-state index contributed by atoms with van der Waals surface area (Å²) in [6.07, 6.45) is 1.73. The van der Waals surface area contributed by atoms with Gasteiger partial charge in [0.2, 0.25) is 17.6 Å². The van der Waals surface area contributed by atoms with E-state index in [1.54, 1.807) is 18.2 Å². The second-order valence-corrected chi connectivity index (χ2v) is 10.4. The van der Waals surface area contributed by atoms with Crippen LogP contribution in [0.4, 0.5) is 4.39 Å². The van der Waals surface area contributed by atoms with Gasteiger partial charge in [0.05, 0.1) is 11.0 Å². The highest BCUT2D eigenvalue weighted by molar-refractivity contribution is 7.13. The van der Waals surface area contributed by atoms with E-state index in [2.05, 4.69) is 20.7 Å². The first-order valence-electron chi connectivity index (χ1n) is 12.8. The van der Waals surface area contributed by atoms with E-state index in [4.69, 9.17) is 4.74 Å². The minimum Gasteiger partial charge on any atom is -0.376 e. The van der Waals surface area contributed by atoms with Crippen molar-refractivity contribution in [3.63, 3.8) is 0 Å². The predicted molar refractivity (Wildman–Crippen MR) is 144 cm³/mol. The molecule has 0 radical (unpaired) electrons. The van der Waals surface area contributed by atoms with Gasteiger partial charge in [0.25, 0.3) is 0 Å². The molecule has 0 unspecified atom stereocenters. The van der Waals surface area contributed by atoms with Crippen molar-refractivity contribution < 1.29 is 18.7 Å². The van der Waals surface area contributed by atoms with Gasteiger partial charge in [-0.15, -0.1) is 21.5 Å². The highest BCUT2D eigenvalue weighted by atomic mass is 32.1. The minimum absolute atomic E-state index is 0.0710. The third-order valence-electron chi connectivity index (χ3n) is 6.57. The number of aromatic nitrogens is 4. The van der Waals surface area contributed by atoms with Gasteiger partial charge in [-0.05, 0) is 48.1 Å². The maximum Gasteiger partial charge on any atom is 0.247 e. The SMILES string of the molecule is Cc1ccc([C@@H](C(=O)NC[C@H]2CCCO2)N(Cc2ccccc2F)C(=O)Cn2nnc(-c3cccs3)n2)cc1. The van der Waals surface area contributed by atoms with E-state index in [0.717, 1.165) is 23.3 Å². The zero-order valence-electron chi connectivity index (χ0n) is 21.5. The Labute approximate surface area is 229 Å². The lowest BCUT2D eigenvalue weighted by atomic mass is 10.0. The molecule has 2 amide bonds. The third-order valence-corrected chi connectivity index (χ3v) is 7.44. The lowest BCUT2D eigenvalue weighted by molar-refractivity contribution is -0.142. The summed E-state index contributed by atoms with van der Waals surface area (Å²) in [7, 11) is 0. The van der Waals surface area contributed by atoms with E-state index >= 15 is 0 Å². The maximum atomic E-state index is 14.8. The summed E-state index contributed by atoms with van der Waals surface area (Å²) >= 11 is 1.46. The van der Waals surface area contributed by atoms with Crippen molar-refractivity contribution in [2.45, 2.75) is 45.0 Å². The number of aryl methyl sites for hydroxylation is 1. The number of hydrogen-bond donors (Lipinski definition) is 1. The van der Waals surface area contributed by atoms with Crippen LogP contribution in [-0.2, 0) is 27.4 Å². The minimum atomic E-state index is -1.01. The molecule has 9 nitrogen and oxygen atoms in total. The first-order chi connectivity index (χ1) is 19.0.